The summed E-state index contributed by atoms with van der Waals surface area (Å²) >= 11 is 0. The van der Waals surface area contributed by atoms with Crippen molar-refractivity contribution in [3.05, 3.63) is 63.7 Å². The number of hydrogen-bond donors (Lipinski definition) is 1. The van der Waals surface area contributed by atoms with Crippen LogP contribution >= 0.6 is 0 Å². The second-order valence-electron chi connectivity index (χ2n) is 12.0. The van der Waals surface area contributed by atoms with E-state index in [4.69, 9.17) is 10.5 Å². The molecule has 2 heterocycles. The molecule has 2 aromatic carbocycles. The first kappa shape index (κ1) is 35.8. The zero-order chi connectivity index (χ0) is 35.1. The monoisotopic (exact) mass is 681 g/mol. The molecule has 0 saturated heterocycles. The third kappa shape index (κ3) is 8.44. The average Bonchev–Trinajstić information content (AvgIpc) is 3.30. The maximum absolute atomic E-state index is 14.1. The Morgan fingerprint density at radius 2 is 1.57 bits per heavy atom. The lowest BCUT2D eigenvalue weighted by molar-refractivity contribution is -0.143. The molecule has 0 spiro atoms. The van der Waals surface area contributed by atoms with Crippen molar-refractivity contribution < 1.29 is 49.0 Å². The minimum atomic E-state index is -5.13. The van der Waals surface area contributed by atoms with Crippen LogP contribution in [0.2, 0.25) is 0 Å². The molecule has 1 aliphatic rings. The number of carbonyl (C=O) groups excluding carboxylic acids is 1. The van der Waals surface area contributed by atoms with Crippen LogP contribution in [0.1, 0.15) is 73.0 Å². The third-order valence-electron chi connectivity index (χ3n) is 7.21. The number of hydrogen-bond acceptors (Lipinski definition) is 7. The van der Waals surface area contributed by atoms with E-state index in [-0.39, 0.29) is 61.3 Å². The predicted octanol–water partition coefficient (Wildman–Crippen LogP) is 7.28. The average molecular weight is 682 g/mol. The van der Waals surface area contributed by atoms with Gasteiger partial charge in [-0.3, -0.25) is 4.90 Å². The van der Waals surface area contributed by atoms with Crippen molar-refractivity contribution >= 4 is 17.7 Å². The molecule has 1 atom stereocenters. The lowest BCUT2D eigenvalue weighted by Gasteiger charge is -2.33. The first-order valence-electron chi connectivity index (χ1n) is 14.3. The minimum Gasteiger partial charge on any atom is -0.443 e. The number of anilines is 2. The zero-order valence-electron chi connectivity index (χ0n) is 25.7. The van der Waals surface area contributed by atoms with E-state index < -0.39 is 65.1 Å². The Morgan fingerprint density at radius 3 is 2.11 bits per heavy atom. The van der Waals surface area contributed by atoms with Gasteiger partial charge in [-0.05, 0) is 86.7 Å². The third-order valence-corrected chi connectivity index (χ3v) is 7.21. The van der Waals surface area contributed by atoms with Crippen LogP contribution in [0, 0.1) is 6.92 Å². The summed E-state index contributed by atoms with van der Waals surface area (Å²) in [4.78, 5) is 16.7. The normalized spacial score (nSPS) is 16.1. The lowest BCUT2D eigenvalue weighted by atomic mass is 9.94. The van der Waals surface area contributed by atoms with Crippen molar-refractivity contribution in [2.24, 2.45) is 5.73 Å². The fourth-order valence-corrected chi connectivity index (χ4v) is 5.26. The number of amides is 1. The molecule has 0 aliphatic carbocycles. The van der Waals surface area contributed by atoms with Gasteiger partial charge in [-0.1, -0.05) is 11.2 Å². The quantitative estimate of drug-likeness (QED) is 0.273. The topological polar surface area (TPSA) is 102 Å². The van der Waals surface area contributed by atoms with Crippen molar-refractivity contribution in [1.29, 1.82) is 0 Å². The molecule has 9 nitrogen and oxygen atoms in total. The van der Waals surface area contributed by atoms with Crippen molar-refractivity contribution in [2.45, 2.75) is 83.8 Å². The first-order valence-corrected chi connectivity index (χ1v) is 14.3. The van der Waals surface area contributed by atoms with Gasteiger partial charge in [-0.25, -0.2) is 4.79 Å². The number of rotatable bonds is 6. The van der Waals surface area contributed by atoms with Crippen molar-refractivity contribution in [3.63, 3.8) is 0 Å². The van der Waals surface area contributed by atoms with E-state index in [9.17, 15) is 44.3 Å². The molecule has 258 valence electrons. The standard InChI is InChI=1S/C29H32F9N7O2/c1-16-10-20-22(6-5-8-43(25(46)47-26(2,3)4)23(20)14-21(16)29(36,37)38)44(24-40-42-45(41-24)9-7-39)15-17-11-18(27(30,31)32)13-19(12-17)28(33,34)35/h10-14,22H,5-9,15,39H2,1-4H3. The van der Waals surface area contributed by atoms with Gasteiger partial charge in [0.15, 0.2) is 0 Å². The molecule has 1 aromatic heterocycles. The Labute approximate surface area is 263 Å². The summed E-state index contributed by atoms with van der Waals surface area (Å²) in [5.74, 6) is -0.233. The number of aryl methyl sites for hydroxylation is 1. The highest BCUT2D eigenvalue weighted by atomic mass is 19.4. The van der Waals surface area contributed by atoms with Gasteiger partial charge in [0.05, 0.1) is 35.0 Å². The van der Waals surface area contributed by atoms with Gasteiger partial charge in [0.1, 0.15) is 5.60 Å². The van der Waals surface area contributed by atoms with Crippen molar-refractivity contribution in [3.8, 4) is 0 Å². The summed E-state index contributed by atoms with van der Waals surface area (Å²) in [5.41, 5.74) is -0.329. The second kappa shape index (κ2) is 12.8. The molecular formula is C29H32F9N7O2. The molecule has 18 heteroatoms. The van der Waals surface area contributed by atoms with Crippen LogP contribution in [0.5, 0.6) is 0 Å². The summed E-state index contributed by atoms with van der Waals surface area (Å²) in [7, 11) is 0. The molecule has 2 N–H and O–H groups in total. The number of halogens is 9. The van der Waals surface area contributed by atoms with Gasteiger partial charge in [0.25, 0.3) is 5.95 Å². The smallest absolute Gasteiger partial charge is 0.416 e. The van der Waals surface area contributed by atoms with Crippen LogP contribution in [0.3, 0.4) is 0 Å². The van der Waals surface area contributed by atoms with E-state index in [1.54, 1.807) is 20.8 Å². The Balaban J connectivity index is 1.94. The number of nitrogens with zero attached hydrogens (tertiary/aromatic N) is 6. The fourth-order valence-electron chi connectivity index (χ4n) is 5.26. The maximum Gasteiger partial charge on any atom is 0.416 e. The summed E-state index contributed by atoms with van der Waals surface area (Å²) in [6.07, 6.45) is -15.8. The highest BCUT2D eigenvalue weighted by molar-refractivity contribution is 5.90. The van der Waals surface area contributed by atoms with E-state index in [0.717, 1.165) is 15.8 Å². The van der Waals surface area contributed by atoms with Gasteiger partial charge >= 0.3 is 24.6 Å². The number of nitrogens with two attached hydrogens (primary N) is 1. The van der Waals surface area contributed by atoms with Crippen LogP contribution in [0.15, 0.2) is 30.3 Å². The largest absolute Gasteiger partial charge is 0.443 e. The van der Waals surface area contributed by atoms with E-state index in [2.05, 4.69) is 15.4 Å². The first-order chi connectivity index (χ1) is 21.6. The lowest BCUT2D eigenvalue weighted by Crippen LogP contribution is -2.37. The number of benzene rings is 2. The minimum absolute atomic E-state index is 0.00863. The number of tetrazole rings is 1. The van der Waals surface area contributed by atoms with Gasteiger partial charge < -0.3 is 15.4 Å². The van der Waals surface area contributed by atoms with E-state index >= 15 is 0 Å². The van der Waals surface area contributed by atoms with Gasteiger partial charge in [0.2, 0.25) is 0 Å². The molecule has 1 aliphatic heterocycles. The molecule has 0 saturated carbocycles. The summed E-state index contributed by atoms with van der Waals surface area (Å²) in [6.45, 7) is 5.30. The molecule has 3 aromatic rings. The molecule has 0 radical (unpaired) electrons. The summed E-state index contributed by atoms with van der Waals surface area (Å²) in [6, 6.07) is 2.03. The SMILES string of the molecule is Cc1cc2c(cc1C(F)(F)F)N(C(=O)OC(C)(C)C)CCCC2N(Cc1cc(C(F)(F)F)cc(C(F)(F)F)c1)c1nnn(CCN)n1. The Morgan fingerprint density at radius 1 is 0.957 bits per heavy atom. The van der Waals surface area contributed by atoms with Crippen LogP contribution in [-0.2, 0) is 36.4 Å². The maximum atomic E-state index is 14.1. The highest BCUT2D eigenvalue weighted by Crippen LogP contribution is 2.44. The molecule has 0 bridgehead atoms. The molecule has 1 amide bonds. The van der Waals surface area contributed by atoms with Gasteiger partial charge in [-0.2, -0.15) is 44.3 Å². The molecule has 47 heavy (non-hydrogen) atoms. The molecule has 4 rings (SSSR count). The van der Waals surface area contributed by atoms with Crippen LogP contribution in [0.25, 0.3) is 0 Å². The van der Waals surface area contributed by atoms with Crippen LogP contribution in [0.4, 0.5) is 55.9 Å². The van der Waals surface area contributed by atoms with Crippen LogP contribution in [-0.4, -0.2) is 45.0 Å². The number of aromatic nitrogens is 4. The number of fused-ring (bicyclic) bond motifs is 1. The van der Waals surface area contributed by atoms with E-state index in [1.807, 2.05) is 0 Å². The number of carbonyl (C=O) groups is 1. The number of alkyl halides is 9. The van der Waals surface area contributed by atoms with E-state index in [1.165, 1.54) is 17.9 Å². The van der Waals surface area contributed by atoms with Gasteiger partial charge in [-0.15, -0.1) is 5.10 Å². The zero-order valence-corrected chi connectivity index (χ0v) is 25.7. The Hall–Kier alpha value is -4.09. The van der Waals surface area contributed by atoms with Crippen LogP contribution < -0.4 is 15.5 Å². The second-order valence-corrected chi connectivity index (χ2v) is 12.0. The Kier molecular flexibility index (Phi) is 9.77. The van der Waals surface area contributed by atoms with E-state index in [0.29, 0.717) is 12.1 Å². The van der Waals surface area contributed by atoms with Crippen molar-refractivity contribution in [2.75, 3.05) is 22.9 Å². The predicted molar refractivity (Wildman–Crippen MR) is 151 cm³/mol. The summed E-state index contributed by atoms with van der Waals surface area (Å²) < 4.78 is 130. The number of ether oxygens (including phenoxy) is 1. The highest BCUT2D eigenvalue weighted by Gasteiger charge is 2.40. The van der Waals surface area contributed by atoms with Crippen molar-refractivity contribution in [1.82, 2.24) is 20.2 Å². The molecule has 0 fully saturated rings. The molecular weight excluding hydrogens is 649 g/mol. The van der Waals surface area contributed by atoms with Gasteiger partial charge in [0, 0.05) is 19.6 Å². The molecule has 1 unspecified atom stereocenters. The Bertz CT molecular complexity index is 1560. The summed E-state index contributed by atoms with van der Waals surface area (Å²) in [5, 5.41) is 12.0. The fraction of sp³-hybridized carbons (Fsp3) is 0.517.